The summed E-state index contributed by atoms with van der Waals surface area (Å²) in [6.45, 7) is -0.179. The number of halogens is 3. The van der Waals surface area contributed by atoms with Crippen LogP contribution in [0.4, 0.5) is 4.39 Å². The largest absolute Gasteiger partial charge is 0.452 e. The fraction of sp³-hybridized carbons (Fsp3) is 0.176. The second-order valence-electron chi connectivity index (χ2n) is 5.05. The first-order valence-corrected chi connectivity index (χ1v) is 7.73. The number of likely N-dealkylation sites (N-methyl/N-ethyl adjacent to an activating group) is 1. The molecule has 0 fully saturated rings. The van der Waals surface area contributed by atoms with Crippen molar-refractivity contribution < 1.29 is 18.7 Å². The van der Waals surface area contributed by atoms with Crippen LogP contribution in [0.2, 0.25) is 10.0 Å². The maximum Gasteiger partial charge on any atom is 0.341 e. The van der Waals surface area contributed by atoms with E-state index >= 15 is 0 Å². The SMILES string of the molecule is CN(Cc1ccc(F)cc1)C(=O)COC(=O)c1c(Cl)cccc1Cl. The Balaban J connectivity index is 1.92. The highest BCUT2D eigenvalue weighted by Gasteiger charge is 2.18. The number of ether oxygens (including phenoxy) is 1. The molecule has 24 heavy (non-hydrogen) atoms. The van der Waals surface area contributed by atoms with Crippen molar-refractivity contribution in [3.63, 3.8) is 0 Å². The first-order chi connectivity index (χ1) is 11.4. The van der Waals surface area contributed by atoms with Gasteiger partial charge in [-0.1, -0.05) is 41.4 Å². The minimum absolute atomic E-state index is 0.0230. The maximum atomic E-state index is 12.9. The number of carbonyl (C=O) groups excluding carboxylic acids is 2. The van der Waals surface area contributed by atoms with Crippen molar-refractivity contribution in [1.82, 2.24) is 4.90 Å². The zero-order valence-electron chi connectivity index (χ0n) is 12.8. The lowest BCUT2D eigenvalue weighted by Gasteiger charge is -2.17. The average molecular weight is 370 g/mol. The summed E-state index contributed by atoms with van der Waals surface area (Å²) in [5, 5.41) is 0.305. The van der Waals surface area contributed by atoms with E-state index in [0.717, 1.165) is 5.56 Å². The fourth-order valence-corrected chi connectivity index (χ4v) is 2.51. The summed E-state index contributed by atoms with van der Waals surface area (Å²) < 4.78 is 17.8. The van der Waals surface area contributed by atoms with Gasteiger partial charge in [-0.05, 0) is 29.8 Å². The van der Waals surface area contributed by atoms with Crippen LogP contribution in [0.3, 0.4) is 0 Å². The topological polar surface area (TPSA) is 46.6 Å². The second-order valence-corrected chi connectivity index (χ2v) is 5.86. The van der Waals surface area contributed by atoms with E-state index in [-0.39, 0.29) is 28.0 Å². The lowest BCUT2D eigenvalue weighted by molar-refractivity contribution is -0.133. The highest BCUT2D eigenvalue weighted by Crippen LogP contribution is 2.24. The lowest BCUT2D eigenvalue weighted by Crippen LogP contribution is -2.30. The van der Waals surface area contributed by atoms with E-state index in [0.29, 0.717) is 0 Å². The van der Waals surface area contributed by atoms with Crippen LogP contribution in [0.15, 0.2) is 42.5 Å². The molecule has 0 saturated heterocycles. The number of nitrogens with zero attached hydrogens (tertiary/aromatic N) is 1. The van der Waals surface area contributed by atoms with E-state index in [2.05, 4.69) is 0 Å². The van der Waals surface area contributed by atoms with Crippen molar-refractivity contribution >= 4 is 35.1 Å². The molecule has 126 valence electrons. The predicted molar refractivity (Wildman–Crippen MR) is 89.6 cm³/mol. The summed E-state index contributed by atoms with van der Waals surface area (Å²) in [4.78, 5) is 25.4. The molecule has 7 heteroatoms. The zero-order chi connectivity index (χ0) is 17.7. The van der Waals surface area contributed by atoms with Crippen LogP contribution in [-0.2, 0) is 16.1 Å². The number of benzene rings is 2. The van der Waals surface area contributed by atoms with E-state index in [9.17, 15) is 14.0 Å². The fourth-order valence-electron chi connectivity index (χ4n) is 1.95. The van der Waals surface area contributed by atoms with E-state index in [1.54, 1.807) is 25.2 Å². The van der Waals surface area contributed by atoms with Crippen LogP contribution in [0.5, 0.6) is 0 Å². The van der Waals surface area contributed by atoms with Crippen LogP contribution in [0.1, 0.15) is 15.9 Å². The first kappa shape index (κ1) is 18.2. The van der Waals surface area contributed by atoms with Gasteiger partial charge in [0.25, 0.3) is 5.91 Å². The van der Waals surface area contributed by atoms with Gasteiger partial charge in [-0.3, -0.25) is 4.79 Å². The van der Waals surface area contributed by atoms with E-state index in [1.165, 1.54) is 29.2 Å². The van der Waals surface area contributed by atoms with Crippen molar-refractivity contribution in [1.29, 1.82) is 0 Å². The van der Waals surface area contributed by atoms with Gasteiger partial charge in [-0.25, -0.2) is 9.18 Å². The van der Waals surface area contributed by atoms with Crippen LogP contribution in [0.25, 0.3) is 0 Å². The minimum Gasteiger partial charge on any atom is -0.452 e. The molecule has 0 unspecified atom stereocenters. The summed E-state index contributed by atoms with van der Waals surface area (Å²) in [5.41, 5.74) is 0.780. The third-order valence-electron chi connectivity index (χ3n) is 3.25. The minimum atomic E-state index is -0.769. The Morgan fingerprint density at radius 3 is 2.25 bits per heavy atom. The molecule has 0 atom stereocenters. The number of esters is 1. The molecule has 0 N–H and O–H groups in total. The standard InChI is InChI=1S/C17H14Cl2FNO3/c1-21(9-11-5-7-12(20)8-6-11)15(22)10-24-17(23)16-13(18)3-2-4-14(16)19/h2-8H,9-10H2,1H3. The van der Waals surface area contributed by atoms with Gasteiger partial charge >= 0.3 is 5.97 Å². The molecule has 1 amide bonds. The van der Waals surface area contributed by atoms with Gasteiger partial charge in [0, 0.05) is 13.6 Å². The van der Waals surface area contributed by atoms with Gasteiger partial charge in [0.15, 0.2) is 6.61 Å². The van der Waals surface area contributed by atoms with Crippen LogP contribution >= 0.6 is 23.2 Å². The van der Waals surface area contributed by atoms with Gasteiger partial charge in [-0.15, -0.1) is 0 Å². The smallest absolute Gasteiger partial charge is 0.341 e. The Morgan fingerprint density at radius 1 is 1.08 bits per heavy atom. The van der Waals surface area contributed by atoms with Crippen molar-refractivity contribution in [2.75, 3.05) is 13.7 Å². The van der Waals surface area contributed by atoms with E-state index < -0.39 is 18.5 Å². The van der Waals surface area contributed by atoms with Crippen molar-refractivity contribution in [2.24, 2.45) is 0 Å². The number of carbonyl (C=O) groups is 2. The third kappa shape index (κ3) is 4.69. The lowest BCUT2D eigenvalue weighted by atomic mass is 10.2. The molecule has 0 saturated carbocycles. The van der Waals surface area contributed by atoms with Crippen LogP contribution in [-0.4, -0.2) is 30.4 Å². The van der Waals surface area contributed by atoms with Crippen LogP contribution < -0.4 is 0 Å². The molecule has 0 radical (unpaired) electrons. The average Bonchev–Trinajstić information content (AvgIpc) is 2.54. The predicted octanol–water partition coefficient (Wildman–Crippen LogP) is 3.95. The Hall–Kier alpha value is -2.11. The Morgan fingerprint density at radius 2 is 1.67 bits per heavy atom. The maximum absolute atomic E-state index is 12.9. The Bertz CT molecular complexity index is 730. The molecular formula is C17H14Cl2FNO3. The van der Waals surface area contributed by atoms with Crippen LogP contribution in [0, 0.1) is 5.82 Å². The summed E-state index contributed by atoms with van der Waals surface area (Å²) in [7, 11) is 1.56. The molecule has 0 bridgehead atoms. The van der Waals surface area contributed by atoms with Gasteiger partial charge in [0.2, 0.25) is 0 Å². The van der Waals surface area contributed by atoms with Crippen molar-refractivity contribution in [3.05, 3.63) is 69.5 Å². The molecular weight excluding hydrogens is 356 g/mol. The summed E-state index contributed by atoms with van der Waals surface area (Å²) >= 11 is 11.8. The monoisotopic (exact) mass is 369 g/mol. The molecule has 0 aliphatic heterocycles. The highest BCUT2D eigenvalue weighted by atomic mass is 35.5. The number of hydrogen-bond donors (Lipinski definition) is 0. The molecule has 0 heterocycles. The number of rotatable bonds is 5. The first-order valence-electron chi connectivity index (χ1n) is 6.98. The Labute approximate surface area is 148 Å². The quantitative estimate of drug-likeness (QED) is 0.749. The number of hydrogen-bond acceptors (Lipinski definition) is 3. The molecule has 2 aromatic rings. The van der Waals surface area contributed by atoms with Gasteiger partial charge in [-0.2, -0.15) is 0 Å². The van der Waals surface area contributed by atoms with E-state index in [4.69, 9.17) is 27.9 Å². The molecule has 0 aliphatic carbocycles. The summed E-state index contributed by atoms with van der Waals surface area (Å²) in [6.07, 6.45) is 0. The van der Waals surface area contributed by atoms with E-state index in [1.807, 2.05) is 0 Å². The summed E-state index contributed by atoms with van der Waals surface area (Å²) in [6, 6.07) is 10.4. The molecule has 4 nitrogen and oxygen atoms in total. The number of amides is 1. The normalized spacial score (nSPS) is 10.3. The molecule has 0 aromatic heterocycles. The van der Waals surface area contributed by atoms with Gasteiger partial charge in [0.05, 0.1) is 15.6 Å². The second kappa shape index (κ2) is 8.13. The van der Waals surface area contributed by atoms with Gasteiger partial charge < -0.3 is 9.64 Å². The third-order valence-corrected chi connectivity index (χ3v) is 3.88. The molecule has 2 rings (SSSR count). The summed E-state index contributed by atoms with van der Waals surface area (Å²) in [5.74, 6) is -1.52. The van der Waals surface area contributed by atoms with Crippen molar-refractivity contribution in [2.45, 2.75) is 6.54 Å². The molecule has 0 spiro atoms. The van der Waals surface area contributed by atoms with Crippen molar-refractivity contribution in [3.8, 4) is 0 Å². The zero-order valence-corrected chi connectivity index (χ0v) is 14.3. The molecule has 0 aliphatic rings. The van der Waals surface area contributed by atoms with Gasteiger partial charge in [0.1, 0.15) is 5.82 Å². The molecule has 2 aromatic carbocycles. The highest BCUT2D eigenvalue weighted by molar-refractivity contribution is 6.39. The Kier molecular flexibility index (Phi) is 6.17.